The third kappa shape index (κ3) is 19.4. The average molecular weight is 1940 g/mol. The molecule has 0 aliphatic heterocycles. The molecule has 8 aromatic carbocycles. The van der Waals surface area contributed by atoms with Gasteiger partial charge in [-0.1, -0.05) is 121 Å². The van der Waals surface area contributed by atoms with Crippen LogP contribution < -0.4 is 41.8 Å². The van der Waals surface area contributed by atoms with E-state index in [4.69, 9.17) is 52.3 Å². The number of sulfonamides is 4. The lowest BCUT2D eigenvalue weighted by Gasteiger charge is -2.21. The number of ether oxygens (including phenoxy) is 2. The van der Waals surface area contributed by atoms with E-state index in [1.165, 1.54) is 23.9 Å². The van der Waals surface area contributed by atoms with E-state index in [0.717, 1.165) is 112 Å². The predicted molar refractivity (Wildman–Crippen MR) is 532 cm³/mol. The minimum atomic E-state index is -3.71. The number of amides is 1. The van der Waals surface area contributed by atoms with Crippen molar-refractivity contribution in [1.29, 1.82) is 0 Å². The smallest absolute Gasteiger partial charge is 0.327 e. The van der Waals surface area contributed by atoms with Crippen molar-refractivity contribution >= 4 is 148 Å². The third-order valence-corrected chi connectivity index (χ3v) is 30.3. The zero-order chi connectivity index (χ0) is 97.7. The summed E-state index contributed by atoms with van der Waals surface area (Å²) >= 11 is 0. The fourth-order valence-corrected chi connectivity index (χ4v) is 21.4. The van der Waals surface area contributed by atoms with Gasteiger partial charge < -0.3 is 42.2 Å². The Labute approximate surface area is 797 Å². The molecular formula is C99H102N22O13S4. The van der Waals surface area contributed by atoms with Crippen LogP contribution in [0.2, 0.25) is 0 Å². The van der Waals surface area contributed by atoms with Crippen LogP contribution >= 0.6 is 0 Å². The van der Waals surface area contributed by atoms with E-state index in [9.17, 15) is 48.1 Å². The molecule has 0 bridgehead atoms. The lowest BCUT2D eigenvalue weighted by atomic mass is 9.94. The number of rotatable bonds is 27. The Morgan fingerprint density at radius 1 is 0.406 bits per heavy atom. The molecule has 12 N–H and O–H groups in total. The minimum absolute atomic E-state index is 0.0242. The molecule has 8 aromatic heterocycles. The number of aryl methyl sites for hydroxylation is 3. The summed E-state index contributed by atoms with van der Waals surface area (Å²) in [6, 6.07) is 69.2. The topological polar surface area (TPSA) is 488 Å². The van der Waals surface area contributed by atoms with Gasteiger partial charge in [-0.25, -0.2) is 72.3 Å². The molecule has 0 atom stereocenters. The van der Waals surface area contributed by atoms with Gasteiger partial charge in [-0.15, -0.1) is 0 Å². The summed E-state index contributed by atoms with van der Waals surface area (Å²) in [7, 11) is -0.395. The van der Waals surface area contributed by atoms with Gasteiger partial charge >= 0.3 is 11.9 Å². The molecule has 1 amide bonds. The maximum absolute atomic E-state index is 13.0. The summed E-state index contributed by atoms with van der Waals surface area (Å²) in [6.07, 6.45) is 7.09. The Bertz CT molecular complexity index is 7860. The Hall–Kier alpha value is -15.2. The van der Waals surface area contributed by atoms with Gasteiger partial charge in [0.15, 0.2) is 45.9 Å². The normalized spacial score (nSPS) is 14.5. The molecule has 20 rings (SSSR count). The van der Waals surface area contributed by atoms with E-state index in [1.807, 2.05) is 61.6 Å². The molecule has 39 heteroatoms. The molecule has 16 aromatic rings. The summed E-state index contributed by atoms with van der Waals surface area (Å²) in [4.78, 5) is 61.4. The van der Waals surface area contributed by atoms with Gasteiger partial charge in [-0.05, 0) is 238 Å². The number of nitrogens with two attached hydrogens (primary N) is 4. The second-order valence-electron chi connectivity index (χ2n) is 35.1. The molecule has 710 valence electrons. The van der Waals surface area contributed by atoms with Gasteiger partial charge in [0.25, 0.3) is 40.1 Å². The minimum Gasteiger partial charge on any atom is -0.468 e. The highest BCUT2D eigenvalue weighted by atomic mass is 32.2. The summed E-state index contributed by atoms with van der Waals surface area (Å²) in [5.41, 5.74) is 37.8. The Morgan fingerprint density at radius 2 is 0.717 bits per heavy atom. The number of nitrogens with one attached hydrogen (secondary N) is 4. The summed E-state index contributed by atoms with van der Waals surface area (Å²) in [6.45, 7) is 2.92. The zero-order valence-corrected chi connectivity index (χ0v) is 80.2. The van der Waals surface area contributed by atoms with Gasteiger partial charge in [0.2, 0.25) is 5.91 Å². The number of esters is 2. The molecule has 4 fully saturated rings. The van der Waals surface area contributed by atoms with Crippen molar-refractivity contribution < 1.29 is 57.5 Å². The van der Waals surface area contributed by atoms with Gasteiger partial charge in [-0.2, -0.15) is 20.4 Å². The van der Waals surface area contributed by atoms with E-state index in [2.05, 4.69) is 64.3 Å². The SMILES string of the molecule is CCOC(=O)C1(c2cc(-c3ccc(NS(=O)(=O)c4ccccc4)cc3)c3c(N)nn(C)c3n2)CC1.CN(C)C(=O)C1(c2cc(-c3ccc(NS(=O)(=O)c4ccccc4)cc3)c3c(N)nn(C)c3n2)CC1.CN(C)CC1(c2cc(-c3ccc(NS(=O)(=O)c4ccccc4)cc3)c3c(N)nn(C)c3n2)CC1.COC(=O)Cn1nc(N)c2c(-c3ccc(NS(=O)(=O)c4ccccc4)cc3)cc(C3CC3)nc21. The second-order valence-corrected chi connectivity index (χ2v) is 41.8. The number of aromatic nitrogens is 12. The van der Waals surface area contributed by atoms with Crippen LogP contribution in [-0.2, 0) is 108 Å². The van der Waals surface area contributed by atoms with Crippen molar-refractivity contribution in [2.45, 2.75) is 107 Å². The van der Waals surface area contributed by atoms with Crippen molar-refractivity contribution in [1.82, 2.24) is 68.9 Å². The number of carbonyl (C=O) groups excluding carboxylic acids is 3. The van der Waals surface area contributed by atoms with E-state index in [1.54, 1.807) is 224 Å². The molecule has 0 saturated heterocycles. The zero-order valence-electron chi connectivity index (χ0n) is 77.0. The van der Waals surface area contributed by atoms with Crippen LogP contribution in [0.25, 0.3) is 88.6 Å². The standard InChI is InChI=1S/C25H26N6O3S.C25H28N6O2S.C25H25N5O4S.C24H23N5O4S/c1-30(2)24(32)25(13-14-25)20-15-19(21-22(26)28-31(3)23(21)27-20)16-9-11-17(12-10-16)29-35(33,34)18-7-5-4-6-8-18;1-30(2)16-25(13-14-25)21-15-20(22-23(26)28-31(3)24(22)27-21)17-9-11-18(12-10-17)29-34(32,33)19-7-5-4-6-8-19;1-3-34-24(31)25(13-14-25)20-15-19(21-22(26)28-30(2)23(21)27-20)16-9-11-17(12-10-16)29-35(32,33)18-7-5-4-6-8-18;1-33-21(30)14-29-24-22(23(25)27-29)19(13-20(26-24)16-7-8-16)15-9-11-17(12-10-15)28-34(31,32)18-5-3-2-4-6-18/h4-12,15,29H,13-14H2,1-3H3,(H2,26,28);4-12,15,29H,13-14,16H2,1-3H3,(H2,26,28);4-12,15,29H,3,13-14H2,1-2H3,(H2,26,28);2-6,9-13,16,28H,7-8,14H2,1H3,(H2,25,27). The molecule has 0 spiro atoms. The van der Waals surface area contributed by atoms with Crippen LogP contribution in [0.3, 0.4) is 0 Å². The maximum atomic E-state index is 13.0. The number of fused-ring (bicyclic) bond motifs is 4. The Balaban J connectivity index is 0.000000127. The van der Waals surface area contributed by atoms with Crippen LogP contribution in [0.15, 0.2) is 262 Å². The second kappa shape index (κ2) is 37.5. The number of nitrogen functional groups attached to an aromatic ring is 4. The molecule has 4 aliphatic rings. The molecule has 4 aliphatic carbocycles. The van der Waals surface area contributed by atoms with E-state index < -0.39 is 56.9 Å². The first-order chi connectivity index (χ1) is 65.9. The molecular weight excluding hydrogens is 1830 g/mol. The lowest BCUT2D eigenvalue weighted by molar-refractivity contribution is -0.146. The van der Waals surface area contributed by atoms with Crippen LogP contribution in [0.5, 0.6) is 0 Å². The fourth-order valence-electron chi connectivity index (χ4n) is 17.1. The average Bonchev–Trinajstić information content (AvgIpc) is 1.57. The number of likely N-dealkylation sites (N-methyl/N-ethyl adjacent to an activating group) is 2. The van der Waals surface area contributed by atoms with Gasteiger partial charge in [0, 0.05) is 81.6 Å². The number of nitrogens with zero attached hydrogens (tertiary/aromatic N) is 14. The van der Waals surface area contributed by atoms with Gasteiger partial charge in [0.1, 0.15) is 12.0 Å². The first kappa shape index (κ1) is 94.6. The van der Waals surface area contributed by atoms with E-state index in [0.29, 0.717) is 110 Å². The van der Waals surface area contributed by atoms with Gasteiger partial charge in [0.05, 0.1) is 77.3 Å². The summed E-state index contributed by atoms with van der Waals surface area (Å²) < 4.78 is 128. The fraction of sp³-hybridized carbons (Fsp3) is 0.242. The highest BCUT2D eigenvalue weighted by Crippen LogP contribution is 2.54. The summed E-state index contributed by atoms with van der Waals surface area (Å²) in [5.74, 6) is 1.02. The lowest BCUT2D eigenvalue weighted by Crippen LogP contribution is -2.34. The third-order valence-electron chi connectivity index (χ3n) is 24.7. The highest BCUT2D eigenvalue weighted by molar-refractivity contribution is 7.93. The van der Waals surface area contributed by atoms with Crippen LogP contribution in [0.4, 0.5) is 46.0 Å². The van der Waals surface area contributed by atoms with Crippen molar-refractivity contribution in [3.63, 3.8) is 0 Å². The van der Waals surface area contributed by atoms with Crippen molar-refractivity contribution in [2.75, 3.05) is 90.3 Å². The molecule has 138 heavy (non-hydrogen) atoms. The monoisotopic (exact) mass is 1930 g/mol. The molecule has 4 saturated carbocycles. The number of carbonyl (C=O) groups is 3. The molecule has 35 nitrogen and oxygen atoms in total. The number of hydrogen-bond donors (Lipinski definition) is 8. The van der Waals surface area contributed by atoms with Crippen molar-refractivity contribution in [2.24, 2.45) is 21.1 Å². The van der Waals surface area contributed by atoms with Crippen molar-refractivity contribution in [3.05, 3.63) is 265 Å². The van der Waals surface area contributed by atoms with Crippen LogP contribution in [-0.4, -0.2) is 169 Å². The van der Waals surface area contributed by atoms with E-state index >= 15 is 0 Å². The maximum Gasteiger partial charge on any atom is 0.327 e. The van der Waals surface area contributed by atoms with Gasteiger partial charge in [-0.3, -0.25) is 33.3 Å². The largest absolute Gasteiger partial charge is 0.468 e. The first-order valence-electron chi connectivity index (χ1n) is 44.3. The number of methoxy groups -OCH3 is 1. The predicted octanol–water partition coefficient (Wildman–Crippen LogP) is 13.9. The summed E-state index contributed by atoms with van der Waals surface area (Å²) in [5, 5.41) is 20.2. The van der Waals surface area contributed by atoms with Crippen molar-refractivity contribution in [3.8, 4) is 44.5 Å². The van der Waals surface area contributed by atoms with Crippen LogP contribution in [0.1, 0.15) is 87.0 Å². The number of hydrogen-bond acceptors (Lipinski definition) is 26. The van der Waals surface area contributed by atoms with E-state index in [-0.39, 0.29) is 49.2 Å². The Kier molecular flexibility index (Phi) is 25.7. The quantitative estimate of drug-likeness (QED) is 0.0222. The number of pyridine rings is 4. The number of benzene rings is 8. The first-order valence-corrected chi connectivity index (χ1v) is 50.3. The molecule has 0 radical (unpaired) electrons. The highest BCUT2D eigenvalue weighted by Gasteiger charge is 2.56. The molecule has 8 heterocycles. The molecule has 0 unspecified atom stereocenters. The number of anilines is 8. The Morgan fingerprint density at radius 3 is 1.02 bits per heavy atom. The van der Waals surface area contributed by atoms with Crippen LogP contribution in [0, 0.1) is 0 Å².